The zero-order chi connectivity index (χ0) is 17.7. The molecule has 2 heterocycles. The van der Waals surface area contributed by atoms with E-state index in [0.717, 1.165) is 12.1 Å². The first-order valence-corrected chi connectivity index (χ1v) is 10.2. The van der Waals surface area contributed by atoms with E-state index < -0.39 is 9.84 Å². The molecule has 0 radical (unpaired) electrons. The fraction of sp³-hybridized carbons (Fsp3) is 0.647. The smallest absolute Gasteiger partial charge is 0.223 e. The summed E-state index contributed by atoms with van der Waals surface area (Å²) < 4.78 is 23.1. The number of pyridine rings is 1. The van der Waals surface area contributed by atoms with Crippen LogP contribution in [0.5, 0.6) is 0 Å². The number of carbonyl (C=O) groups excluding carboxylic acids is 1. The molecular formula is C17H27N3O3S. The summed E-state index contributed by atoms with van der Waals surface area (Å²) in [6, 6.07) is 4.03. The highest BCUT2D eigenvalue weighted by Gasteiger charge is 2.30. The van der Waals surface area contributed by atoms with Gasteiger partial charge in [0.2, 0.25) is 5.91 Å². The SMILES string of the molecule is CCc1ccc(CN(C)C(=O)CCN(C)C2CCS(=O)(=O)C2)nc1. The topological polar surface area (TPSA) is 70.6 Å². The molecule has 1 aromatic rings. The van der Waals surface area contributed by atoms with Crippen LogP contribution in [-0.2, 0) is 27.6 Å². The highest BCUT2D eigenvalue weighted by Crippen LogP contribution is 2.16. The second kappa shape index (κ2) is 8.07. The molecule has 0 bridgehead atoms. The molecule has 6 nitrogen and oxygen atoms in total. The summed E-state index contributed by atoms with van der Waals surface area (Å²) in [5, 5.41) is 0. The molecule has 24 heavy (non-hydrogen) atoms. The van der Waals surface area contributed by atoms with Gasteiger partial charge in [-0.2, -0.15) is 0 Å². The van der Waals surface area contributed by atoms with Gasteiger partial charge in [0, 0.05) is 32.3 Å². The normalized spacial score (nSPS) is 19.6. The van der Waals surface area contributed by atoms with Gasteiger partial charge in [-0.05, 0) is 31.5 Å². The van der Waals surface area contributed by atoms with Crippen molar-refractivity contribution < 1.29 is 13.2 Å². The van der Waals surface area contributed by atoms with Gasteiger partial charge in [0.05, 0.1) is 23.7 Å². The second-order valence-corrected chi connectivity index (χ2v) is 8.78. The van der Waals surface area contributed by atoms with E-state index in [9.17, 15) is 13.2 Å². The average molecular weight is 353 g/mol. The molecule has 1 aliphatic rings. The Morgan fingerprint density at radius 3 is 2.62 bits per heavy atom. The van der Waals surface area contributed by atoms with E-state index >= 15 is 0 Å². The van der Waals surface area contributed by atoms with Gasteiger partial charge < -0.3 is 9.80 Å². The van der Waals surface area contributed by atoms with E-state index in [1.807, 2.05) is 30.3 Å². The van der Waals surface area contributed by atoms with Crippen molar-refractivity contribution in [1.82, 2.24) is 14.8 Å². The zero-order valence-corrected chi connectivity index (χ0v) is 15.6. The minimum atomic E-state index is -2.89. The van der Waals surface area contributed by atoms with Crippen LogP contribution in [0.3, 0.4) is 0 Å². The number of amides is 1. The third-order valence-electron chi connectivity index (χ3n) is 4.63. The molecule has 1 fully saturated rings. The van der Waals surface area contributed by atoms with Crippen molar-refractivity contribution in [2.24, 2.45) is 0 Å². The first-order chi connectivity index (χ1) is 11.3. The van der Waals surface area contributed by atoms with Crippen LogP contribution in [-0.4, -0.2) is 67.3 Å². The van der Waals surface area contributed by atoms with E-state index in [1.165, 1.54) is 5.56 Å². The number of aryl methyl sites for hydroxylation is 1. The maximum absolute atomic E-state index is 12.3. The number of nitrogens with zero attached hydrogens (tertiary/aromatic N) is 3. The third kappa shape index (κ3) is 5.27. The Hall–Kier alpha value is -1.47. The summed E-state index contributed by atoms with van der Waals surface area (Å²) in [6.45, 7) is 3.15. The number of sulfone groups is 1. The van der Waals surface area contributed by atoms with Gasteiger partial charge in [0.25, 0.3) is 0 Å². The third-order valence-corrected chi connectivity index (χ3v) is 6.38. The predicted molar refractivity (Wildman–Crippen MR) is 94.4 cm³/mol. The lowest BCUT2D eigenvalue weighted by Crippen LogP contribution is -2.36. The molecule has 7 heteroatoms. The summed E-state index contributed by atoms with van der Waals surface area (Å²) >= 11 is 0. The Morgan fingerprint density at radius 1 is 1.33 bits per heavy atom. The number of aromatic nitrogens is 1. The van der Waals surface area contributed by atoms with Crippen molar-refractivity contribution in [3.63, 3.8) is 0 Å². The van der Waals surface area contributed by atoms with Gasteiger partial charge in [-0.3, -0.25) is 9.78 Å². The molecule has 0 N–H and O–H groups in total. The Morgan fingerprint density at radius 2 is 2.08 bits per heavy atom. The molecule has 0 saturated carbocycles. The zero-order valence-electron chi connectivity index (χ0n) is 14.7. The van der Waals surface area contributed by atoms with Gasteiger partial charge >= 0.3 is 0 Å². The first kappa shape index (κ1) is 18.9. The minimum absolute atomic E-state index is 0.0383. The van der Waals surface area contributed by atoms with Gasteiger partial charge in [0.1, 0.15) is 0 Å². The van der Waals surface area contributed by atoms with Crippen molar-refractivity contribution in [3.8, 4) is 0 Å². The Labute approximate surface area is 144 Å². The molecule has 1 atom stereocenters. The highest BCUT2D eigenvalue weighted by molar-refractivity contribution is 7.91. The van der Waals surface area contributed by atoms with Crippen molar-refractivity contribution >= 4 is 15.7 Å². The summed E-state index contributed by atoms with van der Waals surface area (Å²) in [5.41, 5.74) is 2.05. The molecule has 1 unspecified atom stereocenters. The first-order valence-electron chi connectivity index (χ1n) is 8.39. The van der Waals surface area contributed by atoms with Gasteiger partial charge in [0.15, 0.2) is 9.84 Å². The Bertz CT molecular complexity index is 658. The summed E-state index contributed by atoms with van der Waals surface area (Å²) in [4.78, 5) is 20.3. The maximum atomic E-state index is 12.3. The lowest BCUT2D eigenvalue weighted by molar-refractivity contribution is -0.130. The quantitative estimate of drug-likeness (QED) is 0.734. The van der Waals surface area contributed by atoms with E-state index in [4.69, 9.17) is 0 Å². The van der Waals surface area contributed by atoms with Crippen LogP contribution < -0.4 is 0 Å². The number of carbonyl (C=O) groups is 1. The average Bonchev–Trinajstić information content (AvgIpc) is 2.93. The fourth-order valence-corrected chi connectivity index (χ4v) is 4.66. The van der Waals surface area contributed by atoms with E-state index in [1.54, 1.807) is 11.9 Å². The Kier molecular flexibility index (Phi) is 6.34. The van der Waals surface area contributed by atoms with Crippen LogP contribution in [0.25, 0.3) is 0 Å². The largest absolute Gasteiger partial charge is 0.340 e. The predicted octanol–water partition coefficient (Wildman–Crippen LogP) is 1.11. The van der Waals surface area contributed by atoms with Crippen molar-refractivity contribution in [2.45, 2.75) is 38.8 Å². The summed E-state index contributed by atoms with van der Waals surface area (Å²) in [5.74, 6) is 0.514. The molecule has 0 aromatic carbocycles. The van der Waals surface area contributed by atoms with E-state index in [2.05, 4.69) is 11.9 Å². The van der Waals surface area contributed by atoms with Crippen molar-refractivity contribution in [3.05, 3.63) is 29.6 Å². The number of hydrogen-bond acceptors (Lipinski definition) is 5. The van der Waals surface area contributed by atoms with E-state index in [0.29, 0.717) is 25.9 Å². The number of hydrogen-bond donors (Lipinski definition) is 0. The lowest BCUT2D eigenvalue weighted by Gasteiger charge is -2.24. The van der Waals surface area contributed by atoms with Crippen molar-refractivity contribution in [1.29, 1.82) is 0 Å². The lowest BCUT2D eigenvalue weighted by atomic mass is 10.2. The summed E-state index contributed by atoms with van der Waals surface area (Å²) in [6.07, 6.45) is 3.85. The molecule has 1 aliphatic heterocycles. The van der Waals surface area contributed by atoms with Crippen LogP contribution in [0.2, 0.25) is 0 Å². The number of rotatable bonds is 7. The standard InChI is InChI=1S/C17H27N3O3S/c1-4-14-5-6-15(18-11-14)12-20(3)17(21)7-9-19(2)16-8-10-24(22,23)13-16/h5-6,11,16H,4,7-10,12-13H2,1-3H3. The van der Waals surface area contributed by atoms with E-state index in [-0.39, 0.29) is 23.5 Å². The molecule has 0 aliphatic carbocycles. The van der Waals surface area contributed by atoms with Crippen LogP contribution in [0, 0.1) is 0 Å². The molecular weight excluding hydrogens is 326 g/mol. The molecule has 0 spiro atoms. The van der Waals surface area contributed by atoms with Crippen LogP contribution in [0.15, 0.2) is 18.3 Å². The van der Waals surface area contributed by atoms with Crippen LogP contribution in [0.4, 0.5) is 0 Å². The highest BCUT2D eigenvalue weighted by atomic mass is 32.2. The van der Waals surface area contributed by atoms with Gasteiger partial charge in [-0.15, -0.1) is 0 Å². The molecule has 1 amide bonds. The van der Waals surface area contributed by atoms with Crippen LogP contribution >= 0.6 is 0 Å². The van der Waals surface area contributed by atoms with Crippen LogP contribution in [0.1, 0.15) is 31.0 Å². The summed E-state index contributed by atoms with van der Waals surface area (Å²) in [7, 11) is 0.781. The molecule has 1 saturated heterocycles. The second-order valence-electron chi connectivity index (χ2n) is 6.55. The molecule has 1 aromatic heterocycles. The minimum Gasteiger partial charge on any atom is -0.340 e. The van der Waals surface area contributed by atoms with Gasteiger partial charge in [-0.1, -0.05) is 13.0 Å². The molecule has 2 rings (SSSR count). The molecule has 134 valence electrons. The van der Waals surface area contributed by atoms with Crippen molar-refractivity contribution in [2.75, 3.05) is 32.1 Å². The monoisotopic (exact) mass is 353 g/mol. The Balaban J connectivity index is 1.78. The van der Waals surface area contributed by atoms with Gasteiger partial charge in [-0.25, -0.2) is 8.42 Å². The maximum Gasteiger partial charge on any atom is 0.223 e. The fourth-order valence-electron chi connectivity index (χ4n) is 2.86.